The fraction of sp³-hybridized carbons (Fsp3) is 0.207. The molecule has 36 heavy (non-hydrogen) atoms. The van der Waals surface area contributed by atoms with E-state index in [0.717, 1.165) is 36.3 Å². The molecule has 5 aliphatic rings. The van der Waals surface area contributed by atoms with Gasteiger partial charge in [-0.25, -0.2) is 0 Å². The molecule has 186 valence electrons. The number of piperidine rings is 1. The Kier molecular flexibility index (Phi) is 18.8. The first-order chi connectivity index (χ1) is 16.3. The minimum absolute atomic E-state index is 0. The van der Waals surface area contributed by atoms with Crippen molar-refractivity contribution in [2.75, 3.05) is 18.0 Å². The van der Waals surface area contributed by atoms with Crippen molar-refractivity contribution in [3.8, 4) is 0 Å². The van der Waals surface area contributed by atoms with Crippen molar-refractivity contribution in [2.45, 2.75) is 19.3 Å². The molecule has 6 rings (SSSR count). The molecule has 1 aromatic rings. The third-order valence-electron chi connectivity index (χ3n) is 5.59. The van der Waals surface area contributed by atoms with E-state index in [-0.39, 0.29) is 58.1 Å². The minimum Gasteiger partial charge on any atom is -1.00 e. The van der Waals surface area contributed by atoms with Crippen LogP contribution in [-0.4, -0.2) is 23.3 Å². The van der Waals surface area contributed by atoms with Crippen molar-refractivity contribution in [3.63, 3.8) is 0 Å². The van der Waals surface area contributed by atoms with Gasteiger partial charge in [0.15, 0.2) is 7.05 Å². The van der Waals surface area contributed by atoms with Gasteiger partial charge in [0.05, 0.1) is 5.69 Å². The largest absolute Gasteiger partial charge is 2.00 e. The Morgan fingerprint density at radius 3 is 1.22 bits per heavy atom. The van der Waals surface area contributed by atoms with Crippen molar-refractivity contribution in [1.29, 1.82) is 0 Å². The summed E-state index contributed by atoms with van der Waals surface area (Å²) in [6, 6.07) is 0. The molecule has 0 N–H and O–H groups in total. The van der Waals surface area contributed by atoms with Crippen LogP contribution < -0.4 is 33.7 Å². The summed E-state index contributed by atoms with van der Waals surface area (Å²) in [5.74, 6) is 2.33. The van der Waals surface area contributed by atoms with Crippen LogP contribution >= 0.6 is 0 Å². The molecule has 0 spiro atoms. The van der Waals surface area contributed by atoms with Gasteiger partial charge in [-0.1, -0.05) is 0 Å². The Balaban J connectivity index is 0.000000418. The second kappa shape index (κ2) is 19.6. The molecule has 5 fully saturated rings. The van der Waals surface area contributed by atoms with Crippen molar-refractivity contribution in [3.05, 3.63) is 139 Å². The van der Waals surface area contributed by atoms with E-state index < -0.39 is 0 Å². The molecule has 20 radical (unpaired) electrons. The summed E-state index contributed by atoms with van der Waals surface area (Å²) in [4.78, 5) is 4.16. The molecule has 4 saturated carbocycles. The van der Waals surface area contributed by atoms with E-state index in [1.807, 2.05) is 71.3 Å². The zero-order chi connectivity index (χ0) is 22.7. The third-order valence-corrected chi connectivity index (χ3v) is 5.59. The number of hydrogen-bond acceptors (Lipinski definition) is 3. The van der Waals surface area contributed by atoms with E-state index in [4.69, 9.17) is 10.2 Å². The molecular formula is C29H31Fe2IN4+4. The molecule has 0 amide bonds. The molecule has 1 aliphatic heterocycles. The van der Waals surface area contributed by atoms with Gasteiger partial charge in [0.1, 0.15) is 11.4 Å². The molecule has 4 aliphatic carbocycles. The van der Waals surface area contributed by atoms with E-state index in [2.05, 4.69) is 56.3 Å². The minimum atomic E-state index is 0. The number of nitrogens with zero attached hydrogens (tertiary/aromatic N) is 4. The molecule has 1 saturated heterocycles. The van der Waals surface area contributed by atoms with Crippen LogP contribution in [0.25, 0.3) is 0 Å². The van der Waals surface area contributed by atoms with Gasteiger partial charge in [0.25, 0.3) is 0 Å². The Morgan fingerprint density at radius 2 is 0.889 bits per heavy atom. The smallest absolute Gasteiger partial charge is 1.00 e. The third kappa shape index (κ3) is 10.6. The van der Waals surface area contributed by atoms with Gasteiger partial charge < -0.3 is 28.9 Å². The molecule has 2 heterocycles. The molecule has 0 unspecified atom stereocenters. The summed E-state index contributed by atoms with van der Waals surface area (Å²) in [7, 11) is 1.90. The summed E-state index contributed by atoms with van der Waals surface area (Å²) < 4.78 is 0. The van der Waals surface area contributed by atoms with E-state index in [9.17, 15) is 0 Å². The van der Waals surface area contributed by atoms with Crippen LogP contribution in [0.15, 0.2) is 0 Å². The predicted molar refractivity (Wildman–Crippen MR) is 131 cm³/mol. The van der Waals surface area contributed by atoms with Crippen molar-refractivity contribution < 1.29 is 62.9 Å². The topological polar surface area (TPSA) is 32.9 Å². The van der Waals surface area contributed by atoms with Crippen LogP contribution in [-0.2, 0) is 41.2 Å². The second-order valence-electron chi connectivity index (χ2n) is 8.05. The Bertz CT molecular complexity index is 632. The second-order valence-corrected chi connectivity index (χ2v) is 8.05. The van der Waals surface area contributed by atoms with Crippen LogP contribution in [0.3, 0.4) is 0 Å². The summed E-state index contributed by atoms with van der Waals surface area (Å²) >= 11 is 0. The van der Waals surface area contributed by atoms with Gasteiger partial charge in [-0.15, -0.1) is 0 Å². The average Bonchev–Trinajstić information content (AvgIpc) is 3.70. The first-order valence-corrected chi connectivity index (χ1v) is 11.6. The predicted octanol–water partition coefficient (Wildman–Crippen LogP) is 0.840. The van der Waals surface area contributed by atoms with Gasteiger partial charge in [-0.05, 0) is 135 Å². The van der Waals surface area contributed by atoms with Crippen LogP contribution in [0.2, 0.25) is 0 Å². The van der Waals surface area contributed by atoms with Crippen molar-refractivity contribution in [1.82, 2.24) is 10.2 Å². The number of rotatable bonds is 3. The van der Waals surface area contributed by atoms with Crippen LogP contribution in [0, 0.1) is 127 Å². The van der Waals surface area contributed by atoms with Gasteiger partial charge in [0, 0.05) is 39.9 Å². The number of aryl methyl sites for hydroxylation is 1. The standard InChI is InChI=1S/C19H21N4.2C5H5.2Fe.HI/c1-22-20-17(15-9-3-4-10-15)19(23-13-7-2-8-14-23)18(21-22)16-11-5-6-12-16;2*1-2-4-5-3-1;;;/h3-6,9-12H,2,7-8,13-14H2,1H3;2*1-5H;;;1H/q+1;;;2*+2;/p-1. The Hall–Kier alpha value is 0.579. The summed E-state index contributed by atoms with van der Waals surface area (Å²) in [5, 5.41) is 9.45. The van der Waals surface area contributed by atoms with E-state index in [1.165, 1.54) is 24.9 Å². The molecule has 0 aromatic carbocycles. The van der Waals surface area contributed by atoms with Gasteiger partial charge in [-0.3, -0.25) is 0 Å². The van der Waals surface area contributed by atoms with Gasteiger partial charge in [0.2, 0.25) is 0 Å². The van der Waals surface area contributed by atoms with Gasteiger partial charge in [-0.2, -0.15) is 0 Å². The van der Waals surface area contributed by atoms with Gasteiger partial charge >= 0.3 is 34.1 Å². The number of aromatic nitrogens is 3. The van der Waals surface area contributed by atoms with Crippen molar-refractivity contribution in [2.24, 2.45) is 7.05 Å². The fourth-order valence-corrected chi connectivity index (χ4v) is 4.03. The number of halogens is 1. The number of anilines is 1. The zero-order valence-electron chi connectivity index (χ0n) is 20.3. The molecule has 7 heteroatoms. The summed E-state index contributed by atoms with van der Waals surface area (Å²) in [6.07, 6.45) is 40.6. The molecular weight excluding hydrogens is 643 g/mol. The average molecular weight is 674 g/mol. The monoisotopic (exact) mass is 674 g/mol. The maximum absolute atomic E-state index is 4.73. The molecule has 0 bridgehead atoms. The van der Waals surface area contributed by atoms with E-state index in [0.29, 0.717) is 0 Å². The van der Waals surface area contributed by atoms with E-state index >= 15 is 0 Å². The SMILES string of the molecule is C[n+]1nc([C]2[CH][CH][CH][CH]2)c(N2CCCCC2)c([C]2[CH][CH][CH][CH]2)n1.[CH]1[CH][CH][CH][CH]1.[CH]1[CH][CH][CH][CH]1.[Fe+2].[Fe+2].[I-]. The summed E-state index contributed by atoms with van der Waals surface area (Å²) in [6.45, 7) is 2.16. The normalized spacial score (nSPS) is 21.9. The number of hydrogen-bond donors (Lipinski definition) is 0. The Labute approximate surface area is 260 Å². The first-order valence-electron chi connectivity index (χ1n) is 11.6. The maximum atomic E-state index is 4.73. The van der Waals surface area contributed by atoms with E-state index in [1.54, 1.807) is 4.80 Å². The quantitative estimate of drug-likeness (QED) is 0.271. The Morgan fingerprint density at radius 1 is 0.556 bits per heavy atom. The summed E-state index contributed by atoms with van der Waals surface area (Å²) in [5.41, 5.74) is 3.25. The first kappa shape index (κ1) is 34.6. The van der Waals surface area contributed by atoms with Crippen LogP contribution in [0.5, 0.6) is 0 Å². The maximum Gasteiger partial charge on any atom is 2.00 e. The molecule has 4 nitrogen and oxygen atoms in total. The van der Waals surface area contributed by atoms with Crippen molar-refractivity contribution >= 4 is 5.69 Å². The molecule has 0 atom stereocenters. The fourth-order valence-electron chi connectivity index (χ4n) is 4.03. The zero-order valence-corrected chi connectivity index (χ0v) is 24.7. The van der Waals surface area contributed by atoms with Crippen LogP contribution in [0.1, 0.15) is 30.7 Å². The van der Waals surface area contributed by atoms with Crippen LogP contribution in [0.4, 0.5) is 5.69 Å². The molecule has 1 aromatic heterocycles.